The van der Waals surface area contributed by atoms with Gasteiger partial charge in [0.05, 0.1) is 19.8 Å². The molecule has 2 aliphatic rings. The van der Waals surface area contributed by atoms with Crippen LogP contribution in [0, 0.1) is 0 Å². The molecule has 4 rings (SSSR count). The summed E-state index contributed by atoms with van der Waals surface area (Å²) in [7, 11) is 0. The van der Waals surface area contributed by atoms with E-state index in [0.29, 0.717) is 41.7 Å². The van der Waals surface area contributed by atoms with Crippen molar-refractivity contribution in [1.82, 2.24) is 20.3 Å². The third-order valence-corrected chi connectivity index (χ3v) is 5.22. The van der Waals surface area contributed by atoms with E-state index in [-0.39, 0.29) is 19.1 Å². The Morgan fingerprint density at radius 2 is 1.63 bits per heavy atom. The Kier molecular flexibility index (Phi) is 6.81. The molecule has 160 valence electrons. The van der Waals surface area contributed by atoms with Crippen molar-refractivity contribution in [3.8, 4) is 5.75 Å². The van der Waals surface area contributed by atoms with Gasteiger partial charge in [-0.1, -0.05) is 11.6 Å². The molecule has 0 spiro atoms. The zero-order chi connectivity index (χ0) is 20.8. The Balaban J connectivity index is 1.39. The molecule has 2 fully saturated rings. The summed E-state index contributed by atoms with van der Waals surface area (Å²) < 4.78 is 10.9. The summed E-state index contributed by atoms with van der Waals surface area (Å²) in [5.41, 5.74) is 0. The van der Waals surface area contributed by atoms with Gasteiger partial charge in [0.1, 0.15) is 5.75 Å². The molecule has 1 N–H and O–H groups in total. The summed E-state index contributed by atoms with van der Waals surface area (Å²) in [6, 6.07) is 6.87. The topological polar surface area (TPSA) is 92.7 Å². The molecular weight excluding hydrogens is 408 g/mol. The highest BCUT2D eigenvalue weighted by atomic mass is 35.5. The number of carbonyl (C=O) groups excluding carboxylic acids is 1. The molecular formula is C20H25ClN6O3. The number of morpholine rings is 1. The first-order valence-corrected chi connectivity index (χ1v) is 10.5. The molecule has 1 amide bonds. The lowest BCUT2D eigenvalue weighted by atomic mass is 10.3. The number of nitrogens with one attached hydrogen (secondary N) is 1. The number of hydrogen-bond donors (Lipinski definition) is 1. The van der Waals surface area contributed by atoms with Gasteiger partial charge in [-0.3, -0.25) is 4.79 Å². The molecule has 0 radical (unpaired) electrons. The van der Waals surface area contributed by atoms with Crippen LogP contribution >= 0.6 is 11.6 Å². The smallest absolute Gasteiger partial charge is 0.258 e. The highest BCUT2D eigenvalue weighted by Crippen LogP contribution is 2.19. The van der Waals surface area contributed by atoms with E-state index < -0.39 is 0 Å². The number of rotatable bonds is 7. The lowest BCUT2D eigenvalue weighted by Gasteiger charge is -2.28. The number of amides is 1. The summed E-state index contributed by atoms with van der Waals surface area (Å²) in [6.45, 7) is 4.78. The second-order valence-electron chi connectivity index (χ2n) is 7.16. The third kappa shape index (κ3) is 5.48. The molecule has 0 aliphatic carbocycles. The van der Waals surface area contributed by atoms with Crippen LogP contribution in [0.2, 0.25) is 5.02 Å². The van der Waals surface area contributed by atoms with Crippen molar-refractivity contribution < 1.29 is 14.3 Å². The highest BCUT2D eigenvalue weighted by Gasteiger charge is 2.21. The molecule has 30 heavy (non-hydrogen) atoms. The van der Waals surface area contributed by atoms with Crippen LogP contribution in [0.5, 0.6) is 5.75 Å². The molecule has 2 aliphatic heterocycles. The summed E-state index contributed by atoms with van der Waals surface area (Å²) in [5.74, 6) is 2.18. The molecule has 1 aromatic carbocycles. The minimum absolute atomic E-state index is 0.0952. The fraction of sp³-hybridized carbons (Fsp3) is 0.500. The predicted octanol–water partition coefficient (Wildman–Crippen LogP) is 1.66. The van der Waals surface area contributed by atoms with Gasteiger partial charge in [0.15, 0.2) is 12.4 Å². The van der Waals surface area contributed by atoms with Gasteiger partial charge in [-0.15, -0.1) is 0 Å². The fourth-order valence-electron chi connectivity index (χ4n) is 3.35. The fourth-order valence-corrected chi connectivity index (χ4v) is 3.47. The van der Waals surface area contributed by atoms with Crippen LogP contribution in [0.3, 0.4) is 0 Å². The predicted molar refractivity (Wildman–Crippen MR) is 113 cm³/mol. The Morgan fingerprint density at radius 3 is 2.30 bits per heavy atom. The summed E-state index contributed by atoms with van der Waals surface area (Å²) in [6.07, 6.45) is 2.26. The second-order valence-corrected chi connectivity index (χ2v) is 7.60. The number of anilines is 2. The first-order chi connectivity index (χ1) is 14.7. The van der Waals surface area contributed by atoms with Gasteiger partial charge < -0.3 is 24.6 Å². The number of ether oxygens (including phenoxy) is 2. The number of aromatic nitrogens is 3. The van der Waals surface area contributed by atoms with Crippen molar-refractivity contribution in [2.75, 3.05) is 55.8 Å². The molecule has 2 saturated heterocycles. The Morgan fingerprint density at radius 1 is 1.00 bits per heavy atom. The first-order valence-electron chi connectivity index (χ1n) is 10.1. The molecule has 10 heteroatoms. The molecule has 9 nitrogen and oxygen atoms in total. The molecule has 1 aromatic heterocycles. The quantitative estimate of drug-likeness (QED) is 0.706. The van der Waals surface area contributed by atoms with Crippen molar-refractivity contribution in [1.29, 1.82) is 0 Å². The highest BCUT2D eigenvalue weighted by molar-refractivity contribution is 6.30. The zero-order valence-corrected chi connectivity index (χ0v) is 17.5. The molecule has 0 saturated carbocycles. The van der Waals surface area contributed by atoms with E-state index in [1.54, 1.807) is 24.3 Å². The molecule has 0 bridgehead atoms. The first kappa shape index (κ1) is 20.6. The maximum absolute atomic E-state index is 12.2. The van der Waals surface area contributed by atoms with E-state index in [1.165, 1.54) is 0 Å². The van der Waals surface area contributed by atoms with E-state index in [9.17, 15) is 4.79 Å². The number of hydrogen-bond acceptors (Lipinski definition) is 8. The number of carbonyl (C=O) groups is 1. The van der Waals surface area contributed by atoms with Gasteiger partial charge in [-0.2, -0.15) is 15.0 Å². The van der Waals surface area contributed by atoms with Crippen LogP contribution < -0.4 is 19.9 Å². The number of benzene rings is 1. The number of nitrogens with zero attached hydrogens (tertiary/aromatic N) is 5. The Bertz CT molecular complexity index is 854. The monoisotopic (exact) mass is 432 g/mol. The van der Waals surface area contributed by atoms with E-state index in [0.717, 1.165) is 39.0 Å². The SMILES string of the molecule is O=C(COc1ccc(Cl)cc1)NCc1nc(N2CCCC2)nc(N2CCOCC2)n1. The maximum Gasteiger partial charge on any atom is 0.258 e. The Hall–Kier alpha value is -2.65. The third-order valence-electron chi connectivity index (χ3n) is 4.97. The maximum atomic E-state index is 12.2. The van der Waals surface area contributed by atoms with Gasteiger partial charge in [-0.05, 0) is 37.1 Å². The van der Waals surface area contributed by atoms with Crippen LogP contribution in [0.25, 0.3) is 0 Å². The largest absolute Gasteiger partial charge is 0.484 e. The lowest BCUT2D eigenvalue weighted by Crippen LogP contribution is -2.38. The van der Waals surface area contributed by atoms with Gasteiger partial charge in [0.25, 0.3) is 5.91 Å². The molecule has 3 heterocycles. The van der Waals surface area contributed by atoms with Crippen molar-refractivity contribution in [2.45, 2.75) is 19.4 Å². The van der Waals surface area contributed by atoms with Crippen LogP contribution in [-0.2, 0) is 16.1 Å². The zero-order valence-electron chi connectivity index (χ0n) is 16.7. The molecule has 2 aromatic rings. The van der Waals surface area contributed by atoms with E-state index in [4.69, 9.17) is 21.1 Å². The van der Waals surface area contributed by atoms with Gasteiger partial charge in [0, 0.05) is 31.2 Å². The van der Waals surface area contributed by atoms with Gasteiger partial charge in [0.2, 0.25) is 11.9 Å². The van der Waals surface area contributed by atoms with Crippen molar-refractivity contribution in [2.24, 2.45) is 0 Å². The van der Waals surface area contributed by atoms with E-state index in [1.807, 2.05) is 0 Å². The lowest BCUT2D eigenvalue weighted by molar-refractivity contribution is -0.123. The minimum atomic E-state index is -0.249. The van der Waals surface area contributed by atoms with Crippen LogP contribution in [-0.4, -0.2) is 66.9 Å². The molecule has 0 atom stereocenters. The van der Waals surface area contributed by atoms with Crippen molar-refractivity contribution >= 4 is 29.4 Å². The normalized spacial score (nSPS) is 16.6. The van der Waals surface area contributed by atoms with E-state index >= 15 is 0 Å². The Labute approximate surface area is 180 Å². The van der Waals surface area contributed by atoms with E-state index in [2.05, 4.69) is 30.1 Å². The standard InChI is InChI=1S/C20H25ClN6O3/c21-15-3-5-16(6-4-15)30-14-18(28)22-13-17-23-19(26-7-1-2-8-26)25-20(24-17)27-9-11-29-12-10-27/h3-6H,1-2,7-14H2,(H,22,28). The number of halogens is 1. The van der Waals surface area contributed by atoms with Crippen LogP contribution in [0.1, 0.15) is 18.7 Å². The van der Waals surface area contributed by atoms with Crippen molar-refractivity contribution in [3.05, 3.63) is 35.1 Å². The molecule has 0 unspecified atom stereocenters. The van der Waals surface area contributed by atoms with Crippen LogP contribution in [0.15, 0.2) is 24.3 Å². The summed E-state index contributed by atoms with van der Waals surface area (Å²) in [4.78, 5) is 30.3. The van der Waals surface area contributed by atoms with Gasteiger partial charge >= 0.3 is 0 Å². The summed E-state index contributed by atoms with van der Waals surface area (Å²) in [5, 5.41) is 3.44. The van der Waals surface area contributed by atoms with Crippen LogP contribution in [0.4, 0.5) is 11.9 Å². The van der Waals surface area contributed by atoms with Gasteiger partial charge in [-0.25, -0.2) is 0 Å². The second kappa shape index (κ2) is 9.90. The van der Waals surface area contributed by atoms with Crippen molar-refractivity contribution in [3.63, 3.8) is 0 Å². The summed E-state index contributed by atoms with van der Waals surface area (Å²) >= 11 is 5.85. The minimum Gasteiger partial charge on any atom is -0.484 e. The average Bonchev–Trinajstić information content (AvgIpc) is 3.33. The average molecular weight is 433 g/mol.